The second-order valence-electron chi connectivity index (χ2n) is 5.95. The van der Waals surface area contributed by atoms with Crippen LogP contribution in [0, 0.1) is 6.92 Å². The molecule has 4 aromatic rings. The summed E-state index contributed by atoms with van der Waals surface area (Å²) in [6.45, 7) is 1.48. The van der Waals surface area contributed by atoms with Crippen molar-refractivity contribution >= 4 is 33.3 Å². The van der Waals surface area contributed by atoms with Crippen molar-refractivity contribution < 1.29 is 13.6 Å². The summed E-state index contributed by atoms with van der Waals surface area (Å²) >= 11 is 1.31. The average Bonchev–Trinajstić information content (AvgIpc) is 3.18. The molecule has 4 rings (SSSR count). The van der Waals surface area contributed by atoms with Gasteiger partial charge in [0.2, 0.25) is 0 Å². The van der Waals surface area contributed by atoms with Crippen molar-refractivity contribution in [2.45, 2.75) is 12.8 Å². The molecule has 0 aliphatic heterocycles. The van der Waals surface area contributed by atoms with Crippen molar-refractivity contribution in [3.63, 3.8) is 0 Å². The van der Waals surface area contributed by atoms with Gasteiger partial charge >= 0.3 is 11.8 Å². The van der Waals surface area contributed by atoms with Crippen molar-refractivity contribution in [1.29, 1.82) is 0 Å². The molecule has 0 aliphatic carbocycles. The number of carbonyl (C=O) groups is 1. The number of nitrogens with zero attached hydrogens (tertiary/aromatic N) is 4. The second-order valence-corrected chi connectivity index (χ2v) is 6.84. The van der Waals surface area contributed by atoms with Gasteiger partial charge in [0.15, 0.2) is 5.82 Å². The van der Waals surface area contributed by atoms with E-state index in [-0.39, 0.29) is 17.2 Å². The summed E-state index contributed by atoms with van der Waals surface area (Å²) in [6, 6.07) is 9.89. The van der Waals surface area contributed by atoms with Crippen molar-refractivity contribution in [2.24, 2.45) is 0 Å². The molecule has 0 bridgehead atoms. The number of nitrogens with one attached hydrogen (secondary N) is 1. The van der Waals surface area contributed by atoms with E-state index in [9.17, 15) is 13.6 Å². The zero-order valence-electron chi connectivity index (χ0n) is 14.6. The van der Waals surface area contributed by atoms with Crippen molar-refractivity contribution in [3.05, 3.63) is 65.4 Å². The highest BCUT2D eigenvalue weighted by atomic mass is 32.1. The number of halogens is 2. The zero-order chi connectivity index (χ0) is 19.7. The number of anilines is 1. The quantitative estimate of drug-likeness (QED) is 0.559. The number of aryl methyl sites for hydroxylation is 1. The van der Waals surface area contributed by atoms with E-state index < -0.39 is 17.5 Å². The monoisotopic (exact) mass is 397 g/mol. The molecule has 1 N–H and O–H groups in total. The van der Waals surface area contributed by atoms with Gasteiger partial charge in [-0.25, -0.2) is 9.97 Å². The van der Waals surface area contributed by atoms with Gasteiger partial charge in [0, 0.05) is 12.4 Å². The lowest BCUT2D eigenvalue weighted by Crippen LogP contribution is -2.34. The first-order chi connectivity index (χ1) is 13.5. The molecule has 0 radical (unpaired) electrons. The highest BCUT2D eigenvalue weighted by Gasteiger charge is 2.44. The molecular formula is C19H13F2N5OS. The van der Waals surface area contributed by atoms with Crippen LogP contribution in [0.15, 0.2) is 54.2 Å². The van der Waals surface area contributed by atoms with Crippen LogP contribution >= 0.6 is 11.3 Å². The van der Waals surface area contributed by atoms with Crippen LogP contribution in [-0.2, 0) is 10.7 Å². The van der Waals surface area contributed by atoms with Gasteiger partial charge in [0.05, 0.1) is 5.39 Å². The van der Waals surface area contributed by atoms with Crippen LogP contribution in [0.4, 0.5) is 14.6 Å². The number of fused-ring (bicyclic) bond motifs is 1. The Morgan fingerprint density at radius 3 is 2.64 bits per heavy atom. The Morgan fingerprint density at radius 1 is 1.07 bits per heavy atom. The zero-order valence-corrected chi connectivity index (χ0v) is 15.4. The summed E-state index contributed by atoms with van der Waals surface area (Å²) in [5.74, 6) is -5.08. The molecule has 6 nitrogen and oxygen atoms in total. The molecule has 4 aromatic heterocycles. The lowest BCUT2D eigenvalue weighted by atomic mass is 10.1. The summed E-state index contributed by atoms with van der Waals surface area (Å²) < 4.78 is 29.4. The first kappa shape index (κ1) is 18.1. The molecule has 1 amide bonds. The van der Waals surface area contributed by atoms with E-state index in [1.807, 2.05) is 0 Å². The highest BCUT2D eigenvalue weighted by molar-refractivity contribution is 7.16. The third-order valence-corrected chi connectivity index (χ3v) is 4.85. The molecule has 0 aromatic carbocycles. The van der Waals surface area contributed by atoms with Crippen LogP contribution in [0.1, 0.15) is 11.3 Å². The predicted octanol–water partition coefficient (Wildman–Crippen LogP) is 4.19. The minimum Gasteiger partial charge on any atom is -0.304 e. The molecule has 0 saturated heterocycles. The molecule has 28 heavy (non-hydrogen) atoms. The maximum absolute atomic E-state index is 14.7. The number of rotatable bonds is 4. The number of alkyl halides is 2. The highest BCUT2D eigenvalue weighted by Crippen LogP contribution is 2.32. The molecule has 0 unspecified atom stereocenters. The summed E-state index contributed by atoms with van der Waals surface area (Å²) in [7, 11) is 0. The van der Waals surface area contributed by atoms with E-state index >= 15 is 0 Å². The lowest BCUT2D eigenvalue weighted by Gasteiger charge is -2.17. The van der Waals surface area contributed by atoms with E-state index in [2.05, 4.69) is 25.3 Å². The minimum atomic E-state index is -3.82. The fourth-order valence-electron chi connectivity index (χ4n) is 2.67. The lowest BCUT2D eigenvalue weighted by molar-refractivity contribution is -0.141. The van der Waals surface area contributed by atoms with Crippen molar-refractivity contribution in [2.75, 3.05) is 5.32 Å². The van der Waals surface area contributed by atoms with Gasteiger partial charge in [-0.2, -0.15) is 8.78 Å². The molecule has 9 heteroatoms. The van der Waals surface area contributed by atoms with E-state index in [1.54, 1.807) is 35.8 Å². The fraction of sp³-hybridized carbons (Fsp3) is 0.105. The van der Waals surface area contributed by atoms with Crippen LogP contribution < -0.4 is 5.32 Å². The molecule has 0 saturated carbocycles. The van der Waals surface area contributed by atoms with Crippen LogP contribution in [-0.4, -0.2) is 25.8 Å². The second kappa shape index (κ2) is 7.01. The van der Waals surface area contributed by atoms with Gasteiger partial charge in [-0.05, 0) is 42.1 Å². The first-order valence-electron chi connectivity index (χ1n) is 8.25. The smallest absolute Gasteiger partial charge is 0.304 e. The maximum Gasteiger partial charge on any atom is 0.366 e. The number of hydrogen-bond donors (Lipinski definition) is 1. The third kappa shape index (κ3) is 3.20. The van der Waals surface area contributed by atoms with Gasteiger partial charge < -0.3 is 5.32 Å². The minimum absolute atomic E-state index is 0.00478. The van der Waals surface area contributed by atoms with Crippen LogP contribution in [0.3, 0.4) is 0 Å². The standard InChI is InChI=1S/C19H13F2N5OS/c1-11-5-4-9-23-14(11)19(20,21)18(27)26-15-12-7-10-28-17(12)25-16(24-15)13-6-2-3-8-22-13/h2-10H,1H3,(H,24,25,26,27). The Labute approximate surface area is 162 Å². The fourth-order valence-corrected chi connectivity index (χ4v) is 3.43. The Kier molecular flexibility index (Phi) is 4.52. The topological polar surface area (TPSA) is 80.7 Å². The van der Waals surface area contributed by atoms with Crippen molar-refractivity contribution in [1.82, 2.24) is 19.9 Å². The largest absolute Gasteiger partial charge is 0.366 e. The van der Waals surface area contributed by atoms with Gasteiger partial charge in [-0.3, -0.25) is 14.8 Å². The molecule has 0 spiro atoms. The number of thiophene rings is 1. The summed E-state index contributed by atoms with van der Waals surface area (Å²) in [6.07, 6.45) is 2.80. The van der Waals surface area contributed by atoms with Crippen LogP contribution in [0.25, 0.3) is 21.7 Å². The normalized spacial score (nSPS) is 11.5. The Balaban J connectivity index is 1.74. The molecule has 0 fully saturated rings. The van der Waals surface area contributed by atoms with E-state index in [0.717, 1.165) is 0 Å². The Bertz CT molecular complexity index is 1160. The summed E-state index contributed by atoms with van der Waals surface area (Å²) in [5.41, 5.74) is 0.105. The van der Waals surface area contributed by atoms with Crippen LogP contribution in [0.2, 0.25) is 0 Å². The molecule has 0 atom stereocenters. The Hall–Kier alpha value is -3.33. The van der Waals surface area contributed by atoms with Crippen molar-refractivity contribution in [3.8, 4) is 11.5 Å². The number of carbonyl (C=O) groups excluding carboxylic acids is 1. The summed E-state index contributed by atoms with van der Waals surface area (Å²) in [4.78, 5) is 29.5. The third-order valence-electron chi connectivity index (χ3n) is 4.04. The molecule has 0 aliphatic rings. The molecule has 140 valence electrons. The average molecular weight is 397 g/mol. The number of pyridine rings is 2. The number of aromatic nitrogens is 4. The van der Waals surface area contributed by atoms with Gasteiger partial charge in [-0.15, -0.1) is 11.3 Å². The van der Waals surface area contributed by atoms with E-state index in [4.69, 9.17) is 0 Å². The van der Waals surface area contributed by atoms with Gasteiger partial charge in [0.25, 0.3) is 0 Å². The Morgan fingerprint density at radius 2 is 1.89 bits per heavy atom. The van der Waals surface area contributed by atoms with Crippen LogP contribution in [0.5, 0.6) is 0 Å². The predicted molar refractivity (Wildman–Crippen MR) is 102 cm³/mol. The summed E-state index contributed by atoms with van der Waals surface area (Å²) in [5, 5.41) is 4.47. The number of amides is 1. The van der Waals surface area contributed by atoms with E-state index in [1.165, 1.54) is 36.6 Å². The van der Waals surface area contributed by atoms with E-state index in [0.29, 0.717) is 15.9 Å². The molecular weight excluding hydrogens is 384 g/mol. The molecule has 4 heterocycles. The van der Waals surface area contributed by atoms with Gasteiger partial charge in [0.1, 0.15) is 22.0 Å². The SMILES string of the molecule is Cc1cccnc1C(F)(F)C(=O)Nc1nc(-c2ccccn2)nc2sccc12. The maximum atomic E-state index is 14.7. The first-order valence-corrected chi connectivity index (χ1v) is 9.13. The number of hydrogen-bond acceptors (Lipinski definition) is 6. The van der Waals surface area contributed by atoms with Gasteiger partial charge in [-0.1, -0.05) is 12.1 Å².